The number of aryl methyl sites for hydroxylation is 3. The minimum absolute atomic E-state index is 0.0840. The second kappa shape index (κ2) is 8.19. The summed E-state index contributed by atoms with van der Waals surface area (Å²) in [6, 6.07) is 16.1. The van der Waals surface area contributed by atoms with E-state index < -0.39 is 0 Å². The van der Waals surface area contributed by atoms with Crippen LogP contribution in [0, 0.1) is 20.8 Å². The zero-order chi connectivity index (χ0) is 23.0. The predicted octanol–water partition coefficient (Wildman–Crippen LogP) is 5.20. The van der Waals surface area contributed by atoms with Crippen LogP contribution in [-0.4, -0.2) is 25.5 Å². The fourth-order valence-corrected chi connectivity index (χ4v) is 3.71. The monoisotopic (exact) mass is 427 g/mol. The van der Waals surface area contributed by atoms with Gasteiger partial charge in [0.25, 0.3) is 5.78 Å². The van der Waals surface area contributed by atoms with E-state index in [9.17, 15) is 4.79 Å². The number of anilines is 1. The molecule has 164 valence electrons. The third-order valence-electron chi connectivity index (χ3n) is 5.73. The van der Waals surface area contributed by atoms with Crippen molar-refractivity contribution in [2.45, 2.75) is 53.4 Å². The SMILES string of the molecule is Cc1ccc(NC(=O)Cc2c(C)nc3nc(-c4ccc(C(C)(C)C)cc4)nn3c2C)cc1. The van der Waals surface area contributed by atoms with E-state index in [0.29, 0.717) is 11.6 Å². The number of rotatable bonds is 4. The number of carbonyl (C=O) groups is 1. The predicted molar refractivity (Wildman–Crippen MR) is 128 cm³/mol. The van der Waals surface area contributed by atoms with E-state index in [1.807, 2.05) is 57.2 Å². The van der Waals surface area contributed by atoms with E-state index >= 15 is 0 Å². The van der Waals surface area contributed by atoms with Gasteiger partial charge in [0.05, 0.1) is 6.42 Å². The molecule has 0 unspecified atom stereocenters. The quantitative estimate of drug-likeness (QED) is 0.486. The molecule has 0 radical (unpaired) electrons. The van der Waals surface area contributed by atoms with Crippen molar-refractivity contribution in [1.29, 1.82) is 0 Å². The Morgan fingerprint density at radius 3 is 2.22 bits per heavy atom. The summed E-state index contributed by atoms with van der Waals surface area (Å²) in [4.78, 5) is 21.9. The largest absolute Gasteiger partial charge is 0.326 e. The van der Waals surface area contributed by atoms with Crippen molar-refractivity contribution >= 4 is 17.4 Å². The van der Waals surface area contributed by atoms with Crippen LogP contribution in [0.15, 0.2) is 48.5 Å². The molecule has 6 heteroatoms. The molecule has 2 aromatic carbocycles. The summed E-state index contributed by atoms with van der Waals surface area (Å²) >= 11 is 0. The van der Waals surface area contributed by atoms with Crippen molar-refractivity contribution in [3.63, 3.8) is 0 Å². The minimum Gasteiger partial charge on any atom is -0.326 e. The van der Waals surface area contributed by atoms with E-state index in [2.05, 4.69) is 53.3 Å². The Kier molecular flexibility index (Phi) is 5.55. The molecule has 2 heterocycles. The molecule has 1 N–H and O–H groups in total. The molecule has 2 aromatic heterocycles. The number of hydrogen-bond acceptors (Lipinski definition) is 4. The van der Waals surface area contributed by atoms with Gasteiger partial charge in [0.1, 0.15) is 0 Å². The second-order valence-electron chi connectivity index (χ2n) is 9.33. The minimum atomic E-state index is -0.0840. The Labute approximate surface area is 188 Å². The van der Waals surface area contributed by atoms with Gasteiger partial charge in [0.15, 0.2) is 5.82 Å². The third kappa shape index (κ3) is 4.40. The topological polar surface area (TPSA) is 72.2 Å². The Morgan fingerprint density at radius 1 is 0.938 bits per heavy atom. The first kappa shape index (κ1) is 21.7. The van der Waals surface area contributed by atoms with E-state index in [-0.39, 0.29) is 17.7 Å². The van der Waals surface area contributed by atoms with E-state index in [1.165, 1.54) is 5.56 Å². The summed E-state index contributed by atoms with van der Waals surface area (Å²) in [5.41, 5.74) is 6.76. The number of nitrogens with one attached hydrogen (secondary N) is 1. The first-order chi connectivity index (χ1) is 15.1. The average molecular weight is 428 g/mol. The van der Waals surface area contributed by atoms with Crippen LogP contribution in [0.1, 0.15) is 48.8 Å². The van der Waals surface area contributed by atoms with Crippen LogP contribution in [0.4, 0.5) is 5.69 Å². The number of carbonyl (C=O) groups excluding carboxylic acids is 1. The Morgan fingerprint density at radius 2 is 1.59 bits per heavy atom. The van der Waals surface area contributed by atoms with Gasteiger partial charge in [-0.1, -0.05) is 62.7 Å². The molecule has 0 aliphatic heterocycles. The molecule has 0 bridgehead atoms. The molecule has 0 fully saturated rings. The molecule has 0 saturated carbocycles. The van der Waals surface area contributed by atoms with Crippen molar-refractivity contribution in [2.24, 2.45) is 0 Å². The maximum Gasteiger partial charge on any atom is 0.253 e. The molecule has 0 spiro atoms. The van der Waals surface area contributed by atoms with Gasteiger partial charge in [-0.05, 0) is 43.9 Å². The lowest BCUT2D eigenvalue weighted by Crippen LogP contribution is -2.17. The molecule has 4 rings (SSSR count). The Balaban J connectivity index is 1.61. The molecule has 0 aliphatic carbocycles. The van der Waals surface area contributed by atoms with Gasteiger partial charge in [0.2, 0.25) is 5.91 Å². The number of hydrogen-bond donors (Lipinski definition) is 1. The zero-order valence-corrected chi connectivity index (χ0v) is 19.5. The summed E-state index contributed by atoms with van der Waals surface area (Å²) in [5, 5.41) is 7.64. The maximum atomic E-state index is 12.7. The first-order valence-electron chi connectivity index (χ1n) is 10.8. The number of fused-ring (bicyclic) bond motifs is 1. The number of amides is 1. The Hall–Kier alpha value is -3.54. The lowest BCUT2D eigenvalue weighted by Gasteiger charge is -2.18. The highest BCUT2D eigenvalue weighted by atomic mass is 16.1. The van der Waals surface area contributed by atoms with Crippen molar-refractivity contribution in [3.8, 4) is 11.4 Å². The molecule has 6 nitrogen and oxygen atoms in total. The molecule has 0 aliphatic rings. The van der Waals surface area contributed by atoms with E-state index in [1.54, 1.807) is 4.52 Å². The van der Waals surface area contributed by atoms with Gasteiger partial charge in [-0.25, -0.2) is 9.50 Å². The second-order valence-corrected chi connectivity index (χ2v) is 9.33. The average Bonchev–Trinajstić information content (AvgIpc) is 3.16. The van der Waals surface area contributed by atoms with Gasteiger partial charge < -0.3 is 5.32 Å². The van der Waals surface area contributed by atoms with Crippen LogP contribution in [-0.2, 0) is 16.6 Å². The highest BCUT2D eigenvalue weighted by Gasteiger charge is 2.18. The summed E-state index contributed by atoms with van der Waals surface area (Å²) in [6.07, 6.45) is 0.226. The molecule has 0 atom stereocenters. The number of benzene rings is 2. The molecule has 1 amide bonds. The molecular weight excluding hydrogens is 398 g/mol. The summed E-state index contributed by atoms with van der Waals surface area (Å²) < 4.78 is 1.73. The van der Waals surface area contributed by atoms with Gasteiger partial charge in [-0.3, -0.25) is 4.79 Å². The number of nitrogens with zero attached hydrogens (tertiary/aromatic N) is 4. The highest BCUT2D eigenvalue weighted by Crippen LogP contribution is 2.25. The Bertz CT molecular complexity index is 1280. The summed E-state index contributed by atoms with van der Waals surface area (Å²) in [6.45, 7) is 12.5. The summed E-state index contributed by atoms with van der Waals surface area (Å²) in [5.74, 6) is 1.08. The van der Waals surface area contributed by atoms with Gasteiger partial charge >= 0.3 is 0 Å². The zero-order valence-electron chi connectivity index (χ0n) is 19.5. The van der Waals surface area contributed by atoms with Gasteiger partial charge in [-0.2, -0.15) is 4.98 Å². The van der Waals surface area contributed by atoms with Gasteiger partial charge in [-0.15, -0.1) is 5.10 Å². The standard InChI is InChI=1S/C26H29N5O/c1-16-7-13-21(14-8-16)28-23(32)15-22-17(2)27-25-29-24(30-31(25)18(22)3)19-9-11-20(12-10-19)26(4,5)6/h7-14H,15H2,1-6H3,(H,28,32). The van der Waals surface area contributed by atoms with Crippen LogP contribution < -0.4 is 5.32 Å². The normalized spacial score (nSPS) is 11.7. The van der Waals surface area contributed by atoms with E-state index in [0.717, 1.165) is 33.8 Å². The van der Waals surface area contributed by atoms with Crippen molar-refractivity contribution in [2.75, 3.05) is 5.32 Å². The fraction of sp³-hybridized carbons (Fsp3) is 0.308. The summed E-state index contributed by atoms with van der Waals surface area (Å²) in [7, 11) is 0. The molecule has 0 saturated heterocycles. The van der Waals surface area contributed by atoms with Crippen LogP contribution in [0.3, 0.4) is 0 Å². The van der Waals surface area contributed by atoms with Crippen LogP contribution in [0.5, 0.6) is 0 Å². The highest BCUT2D eigenvalue weighted by molar-refractivity contribution is 5.92. The lowest BCUT2D eigenvalue weighted by atomic mass is 9.87. The van der Waals surface area contributed by atoms with Crippen molar-refractivity contribution in [3.05, 3.63) is 76.6 Å². The molecule has 4 aromatic rings. The van der Waals surface area contributed by atoms with Crippen LogP contribution in [0.25, 0.3) is 17.2 Å². The van der Waals surface area contributed by atoms with Gasteiger partial charge in [0, 0.05) is 28.2 Å². The van der Waals surface area contributed by atoms with Crippen molar-refractivity contribution in [1.82, 2.24) is 19.6 Å². The number of aromatic nitrogens is 4. The maximum absolute atomic E-state index is 12.7. The third-order valence-corrected chi connectivity index (χ3v) is 5.73. The molecule has 32 heavy (non-hydrogen) atoms. The van der Waals surface area contributed by atoms with Crippen molar-refractivity contribution < 1.29 is 4.79 Å². The van der Waals surface area contributed by atoms with Crippen LogP contribution in [0.2, 0.25) is 0 Å². The van der Waals surface area contributed by atoms with E-state index in [4.69, 9.17) is 0 Å². The van der Waals surface area contributed by atoms with Crippen LogP contribution >= 0.6 is 0 Å². The molecular formula is C26H29N5O. The fourth-order valence-electron chi connectivity index (χ4n) is 3.71. The lowest BCUT2D eigenvalue weighted by molar-refractivity contribution is -0.115. The smallest absolute Gasteiger partial charge is 0.253 e. The first-order valence-corrected chi connectivity index (χ1v) is 10.8.